The Morgan fingerprint density at radius 1 is 0.971 bits per heavy atom. The minimum absolute atomic E-state index is 0.00412. The summed E-state index contributed by atoms with van der Waals surface area (Å²) in [6, 6.07) is 10.8. The fraction of sp³-hybridized carbons (Fsp3) is 0.261. The lowest BCUT2D eigenvalue weighted by molar-refractivity contribution is -0.384. The van der Waals surface area contributed by atoms with E-state index in [0.29, 0.717) is 18.7 Å². The van der Waals surface area contributed by atoms with E-state index in [0.717, 1.165) is 27.6 Å². The van der Waals surface area contributed by atoms with Gasteiger partial charge in [-0.15, -0.1) is 0 Å². The average Bonchev–Trinajstić information content (AvgIpc) is 2.84. The molecule has 0 spiro atoms. The van der Waals surface area contributed by atoms with E-state index in [-0.39, 0.29) is 30.1 Å². The molecular weight excluding hydrogens is 444 g/mol. The van der Waals surface area contributed by atoms with Gasteiger partial charge in [-0.2, -0.15) is 0 Å². The van der Waals surface area contributed by atoms with Gasteiger partial charge in [0.1, 0.15) is 5.57 Å². The van der Waals surface area contributed by atoms with Crippen molar-refractivity contribution in [1.82, 2.24) is 4.90 Å². The van der Waals surface area contributed by atoms with Crippen molar-refractivity contribution < 1.29 is 29.5 Å². The van der Waals surface area contributed by atoms with Crippen LogP contribution in [0.4, 0.5) is 21.9 Å². The number of hydrogen-bond donors (Lipinski definition) is 2. The highest BCUT2D eigenvalue weighted by atomic mass is 16.6. The van der Waals surface area contributed by atoms with Crippen LogP contribution in [0.25, 0.3) is 6.08 Å². The number of nitrogens with zero attached hydrogens (tertiary/aromatic N) is 4. The molecule has 1 fully saturated rings. The second kappa shape index (κ2) is 10.7. The van der Waals surface area contributed by atoms with Gasteiger partial charge in [0.15, 0.2) is 0 Å². The predicted molar refractivity (Wildman–Crippen MR) is 124 cm³/mol. The lowest BCUT2D eigenvalue weighted by Crippen LogP contribution is -2.57. The molecule has 2 aromatic carbocycles. The van der Waals surface area contributed by atoms with Crippen molar-refractivity contribution in [2.75, 3.05) is 42.6 Å². The molecule has 178 valence electrons. The van der Waals surface area contributed by atoms with Crippen LogP contribution in [0.2, 0.25) is 0 Å². The van der Waals surface area contributed by atoms with Crippen LogP contribution in [-0.4, -0.2) is 70.7 Å². The molecule has 11 nitrogen and oxygen atoms in total. The zero-order chi connectivity index (χ0) is 24.8. The monoisotopic (exact) mass is 468 g/mol. The average molecular weight is 468 g/mol. The van der Waals surface area contributed by atoms with E-state index in [9.17, 15) is 34.7 Å². The van der Waals surface area contributed by atoms with Crippen molar-refractivity contribution in [3.63, 3.8) is 0 Å². The van der Waals surface area contributed by atoms with E-state index in [1.165, 1.54) is 18.2 Å². The van der Waals surface area contributed by atoms with Gasteiger partial charge in [-0.1, -0.05) is 12.1 Å². The van der Waals surface area contributed by atoms with Gasteiger partial charge >= 0.3 is 6.03 Å². The Balaban J connectivity index is 1.99. The van der Waals surface area contributed by atoms with Crippen molar-refractivity contribution >= 4 is 41.0 Å². The van der Waals surface area contributed by atoms with Crippen LogP contribution in [-0.2, 0) is 9.59 Å². The summed E-state index contributed by atoms with van der Waals surface area (Å²) in [5, 5.41) is 29.5. The number of anilines is 2. The first-order valence-corrected chi connectivity index (χ1v) is 10.6. The first-order valence-electron chi connectivity index (χ1n) is 10.6. The Kier molecular flexibility index (Phi) is 7.71. The summed E-state index contributed by atoms with van der Waals surface area (Å²) < 4.78 is 0. The maximum absolute atomic E-state index is 13.2. The number of hydrogen-bond acceptors (Lipinski definition) is 8. The van der Waals surface area contributed by atoms with Gasteiger partial charge in [-0.3, -0.25) is 24.6 Å². The van der Waals surface area contributed by atoms with Crippen LogP contribution in [0.5, 0.6) is 0 Å². The van der Waals surface area contributed by atoms with Gasteiger partial charge in [-0.25, -0.2) is 9.69 Å². The number of non-ortho nitro benzene ring substituents is 1. The number of urea groups is 1. The van der Waals surface area contributed by atoms with Crippen LogP contribution < -0.4 is 9.80 Å². The van der Waals surface area contributed by atoms with Crippen molar-refractivity contribution in [3.05, 3.63) is 69.8 Å². The van der Waals surface area contributed by atoms with Crippen LogP contribution in [0, 0.1) is 10.1 Å². The molecule has 11 heteroatoms. The number of aliphatic hydroxyl groups is 2. The van der Waals surface area contributed by atoms with E-state index in [1.54, 1.807) is 24.3 Å². The minimum atomic E-state index is -0.951. The van der Waals surface area contributed by atoms with Crippen LogP contribution in [0.1, 0.15) is 12.5 Å². The molecule has 1 heterocycles. The number of rotatable bonds is 9. The molecule has 2 aromatic rings. The molecule has 0 atom stereocenters. The second-order valence-electron chi connectivity index (χ2n) is 7.33. The molecule has 1 saturated heterocycles. The summed E-state index contributed by atoms with van der Waals surface area (Å²) in [7, 11) is 0. The molecule has 0 unspecified atom stereocenters. The van der Waals surface area contributed by atoms with Crippen LogP contribution in [0.15, 0.2) is 54.1 Å². The van der Waals surface area contributed by atoms with Crippen molar-refractivity contribution in [2.24, 2.45) is 0 Å². The third-order valence-corrected chi connectivity index (χ3v) is 5.29. The third kappa shape index (κ3) is 4.95. The Morgan fingerprint density at radius 3 is 2.15 bits per heavy atom. The first-order chi connectivity index (χ1) is 16.3. The highest BCUT2D eigenvalue weighted by molar-refractivity contribution is 6.39. The molecule has 2 N–H and O–H groups in total. The zero-order valence-electron chi connectivity index (χ0n) is 18.5. The predicted octanol–water partition coefficient (Wildman–Crippen LogP) is 1.78. The van der Waals surface area contributed by atoms with Gasteiger partial charge in [-0.05, 0) is 42.8 Å². The number of aliphatic hydroxyl groups excluding tert-OH is 2. The Bertz CT molecular complexity index is 1110. The minimum Gasteiger partial charge on any atom is -0.395 e. The van der Waals surface area contributed by atoms with E-state index in [1.807, 2.05) is 11.8 Å². The number of β-amino-alcohol motifs (C(OH)–C–C–N with tert-alkyl or cyclic N) is 1. The van der Waals surface area contributed by atoms with E-state index in [4.69, 9.17) is 0 Å². The molecule has 3 rings (SSSR count). The Morgan fingerprint density at radius 2 is 1.62 bits per heavy atom. The quantitative estimate of drug-likeness (QED) is 0.245. The number of nitro groups is 1. The standard InChI is InChI=1S/C23H24N4O7/c1-2-24(11-13-28)17-5-3-16(4-6-17)15-20-21(30)25(12-14-29)23(32)26(22(20)31)18-7-9-19(10-8-18)27(33)34/h3-10,15,28-29H,2,11-14H2,1H3. The smallest absolute Gasteiger partial charge is 0.338 e. The number of nitro benzene ring substituents is 1. The van der Waals surface area contributed by atoms with Gasteiger partial charge in [0.05, 0.1) is 30.4 Å². The van der Waals surface area contributed by atoms with E-state index < -0.39 is 29.4 Å². The molecule has 0 radical (unpaired) electrons. The van der Waals surface area contributed by atoms with Crippen molar-refractivity contribution in [3.8, 4) is 0 Å². The molecule has 1 aliphatic rings. The second-order valence-corrected chi connectivity index (χ2v) is 7.33. The largest absolute Gasteiger partial charge is 0.395 e. The number of barbiturate groups is 1. The third-order valence-electron chi connectivity index (χ3n) is 5.29. The van der Waals surface area contributed by atoms with Crippen LogP contribution >= 0.6 is 0 Å². The summed E-state index contributed by atoms with van der Waals surface area (Å²) in [6.07, 6.45) is 1.35. The summed E-state index contributed by atoms with van der Waals surface area (Å²) >= 11 is 0. The normalized spacial score (nSPS) is 15.3. The fourth-order valence-electron chi connectivity index (χ4n) is 3.56. The van der Waals surface area contributed by atoms with Crippen LogP contribution in [0.3, 0.4) is 0 Å². The molecular formula is C23H24N4O7. The van der Waals surface area contributed by atoms with Gasteiger partial charge < -0.3 is 15.1 Å². The summed E-state index contributed by atoms with van der Waals surface area (Å²) in [5.41, 5.74) is 0.927. The molecule has 34 heavy (non-hydrogen) atoms. The highest BCUT2D eigenvalue weighted by Gasteiger charge is 2.42. The highest BCUT2D eigenvalue weighted by Crippen LogP contribution is 2.28. The molecule has 0 bridgehead atoms. The lowest BCUT2D eigenvalue weighted by Gasteiger charge is -2.33. The molecule has 0 aliphatic carbocycles. The number of carbonyl (C=O) groups excluding carboxylic acids is 3. The van der Waals surface area contributed by atoms with Crippen molar-refractivity contribution in [2.45, 2.75) is 6.92 Å². The maximum Gasteiger partial charge on any atom is 0.338 e. The summed E-state index contributed by atoms with van der Waals surface area (Å²) in [4.78, 5) is 52.8. The topological polar surface area (TPSA) is 145 Å². The molecule has 0 aromatic heterocycles. The number of likely N-dealkylation sites (N-methyl/N-ethyl adjacent to an activating group) is 1. The lowest BCUT2D eigenvalue weighted by atomic mass is 10.0. The summed E-state index contributed by atoms with van der Waals surface area (Å²) in [5.74, 6) is -1.72. The first kappa shape index (κ1) is 24.6. The number of imide groups is 2. The fourth-order valence-corrected chi connectivity index (χ4v) is 3.56. The molecule has 4 amide bonds. The van der Waals surface area contributed by atoms with E-state index in [2.05, 4.69) is 0 Å². The van der Waals surface area contributed by atoms with Crippen molar-refractivity contribution in [1.29, 1.82) is 0 Å². The Labute approximate surface area is 195 Å². The summed E-state index contributed by atoms with van der Waals surface area (Å²) in [6.45, 7) is 2.26. The SMILES string of the molecule is CCN(CCO)c1ccc(C=C2C(=O)N(CCO)C(=O)N(c3ccc([N+](=O)[O-])cc3)C2=O)cc1. The zero-order valence-corrected chi connectivity index (χ0v) is 18.5. The number of benzene rings is 2. The molecule has 0 saturated carbocycles. The van der Waals surface area contributed by atoms with E-state index >= 15 is 0 Å². The van der Waals surface area contributed by atoms with Gasteiger partial charge in [0.25, 0.3) is 17.5 Å². The molecule has 1 aliphatic heterocycles. The number of carbonyl (C=O) groups is 3. The van der Waals surface area contributed by atoms with Gasteiger partial charge in [0, 0.05) is 30.9 Å². The number of amides is 4. The van der Waals surface area contributed by atoms with Gasteiger partial charge in [0.2, 0.25) is 0 Å². The Hall–Kier alpha value is -4.09. The maximum atomic E-state index is 13.2.